The number of ether oxygens (including phenoxy) is 1. The van der Waals surface area contributed by atoms with Gasteiger partial charge in [0.2, 0.25) is 0 Å². The van der Waals surface area contributed by atoms with Crippen LogP contribution in [0, 0.1) is 0 Å². The summed E-state index contributed by atoms with van der Waals surface area (Å²) >= 11 is 0. The Labute approximate surface area is 96.4 Å². The first-order valence-corrected chi connectivity index (χ1v) is 4.88. The van der Waals surface area contributed by atoms with Crippen molar-refractivity contribution in [2.45, 2.75) is 25.7 Å². The third-order valence-corrected chi connectivity index (χ3v) is 2.06. The van der Waals surface area contributed by atoms with Gasteiger partial charge in [0.15, 0.2) is 6.23 Å². The molecule has 0 bridgehead atoms. The molecule has 17 heavy (non-hydrogen) atoms. The Kier molecular flexibility index (Phi) is 4.11. The van der Waals surface area contributed by atoms with E-state index in [9.17, 15) is 18.0 Å². The van der Waals surface area contributed by atoms with Gasteiger partial charge < -0.3 is 4.74 Å². The number of halogens is 3. The van der Waals surface area contributed by atoms with E-state index >= 15 is 0 Å². The van der Waals surface area contributed by atoms with Crippen LogP contribution in [0.2, 0.25) is 0 Å². The molecule has 0 aliphatic carbocycles. The van der Waals surface area contributed by atoms with E-state index in [4.69, 9.17) is 5.73 Å². The number of hydrogen-bond acceptors (Lipinski definition) is 3. The van der Waals surface area contributed by atoms with E-state index in [-0.39, 0.29) is 12.0 Å². The van der Waals surface area contributed by atoms with Gasteiger partial charge in [-0.3, -0.25) is 10.5 Å². The number of alkyl halides is 3. The van der Waals surface area contributed by atoms with Crippen molar-refractivity contribution in [2.24, 2.45) is 5.73 Å². The van der Waals surface area contributed by atoms with Crippen molar-refractivity contribution >= 4 is 5.97 Å². The van der Waals surface area contributed by atoms with Crippen LogP contribution in [0.4, 0.5) is 13.2 Å². The zero-order chi connectivity index (χ0) is 13.1. The zero-order valence-corrected chi connectivity index (χ0v) is 9.12. The molecule has 0 spiro atoms. The van der Waals surface area contributed by atoms with E-state index in [0.29, 0.717) is 0 Å². The monoisotopic (exact) mass is 247 g/mol. The standard InChI is InChI=1S/C11H12F3NO2/c1-7(16)17-10(15)6-8-4-2-3-5-9(8)11(12,13)14/h2-5,10H,6,15H2,1H3. The molecule has 6 heteroatoms. The maximum atomic E-state index is 12.6. The molecule has 1 unspecified atom stereocenters. The van der Waals surface area contributed by atoms with E-state index in [1.54, 1.807) is 0 Å². The van der Waals surface area contributed by atoms with Crippen LogP contribution in [0.25, 0.3) is 0 Å². The van der Waals surface area contributed by atoms with Crippen molar-refractivity contribution in [3.05, 3.63) is 35.4 Å². The van der Waals surface area contributed by atoms with E-state index in [2.05, 4.69) is 4.74 Å². The van der Waals surface area contributed by atoms with Crippen LogP contribution in [0.3, 0.4) is 0 Å². The quantitative estimate of drug-likeness (QED) is 0.657. The van der Waals surface area contributed by atoms with Gasteiger partial charge in [-0.2, -0.15) is 13.2 Å². The fraction of sp³-hybridized carbons (Fsp3) is 0.364. The molecule has 2 N–H and O–H groups in total. The molecule has 0 fully saturated rings. The Hall–Kier alpha value is -1.56. The first-order chi connectivity index (χ1) is 7.80. The number of nitrogens with two attached hydrogens (primary N) is 1. The molecule has 0 amide bonds. The Morgan fingerprint density at radius 2 is 2.00 bits per heavy atom. The molecule has 1 atom stereocenters. The van der Waals surface area contributed by atoms with Crippen LogP contribution >= 0.6 is 0 Å². The lowest BCUT2D eigenvalue weighted by molar-refractivity contribution is -0.146. The highest BCUT2D eigenvalue weighted by molar-refractivity contribution is 5.66. The number of carbonyl (C=O) groups is 1. The summed E-state index contributed by atoms with van der Waals surface area (Å²) < 4.78 is 42.4. The molecule has 0 saturated carbocycles. The van der Waals surface area contributed by atoms with Crippen LogP contribution in [0.5, 0.6) is 0 Å². The molecule has 1 rings (SSSR count). The minimum absolute atomic E-state index is 0.00810. The average molecular weight is 247 g/mol. The molecule has 3 nitrogen and oxygen atoms in total. The highest BCUT2D eigenvalue weighted by Gasteiger charge is 2.33. The van der Waals surface area contributed by atoms with E-state index in [1.165, 1.54) is 18.2 Å². The van der Waals surface area contributed by atoms with Crippen LogP contribution in [0.1, 0.15) is 18.1 Å². The molecule has 0 aliphatic rings. The first kappa shape index (κ1) is 13.5. The second-order valence-electron chi connectivity index (χ2n) is 3.51. The summed E-state index contributed by atoms with van der Waals surface area (Å²) in [4.78, 5) is 10.6. The van der Waals surface area contributed by atoms with Crippen LogP contribution in [-0.2, 0) is 22.1 Å². The zero-order valence-electron chi connectivity index (χ0n) is 9.12. The smallest absolute Gasteiger partial charge is 0.416 e. The van der Waals surface area contributed by atoms with Gasteiger partial charge in [-0.1, -0.05) is 18.2 Å². The highest BCUT2D eigenvalue weighted by Crippen LogP contribution is 2.32. The topological polar surface area (TPSA) is 52.3 Å². The fourth-order valence-electron chi connectivity index (χ4n) is 1.45. The minimum Gasteiger partial charge on any atom is -0.447 e. The van der Waals surface area contributed by atoms with E-state index in [1.807, 2.05) is 0 Å². The predicted octanol–water partition coefficient (Wildman–Crippen LogP) is 2.10. The number of hydrogen-bond donors (Lipinski definition) is 1. The number of rotatable bonds is 3. The summed E-state index contributed by atoms with van der Waals surface area (Å²) in [7, 11) is 0. The molecule has 1 aromatic carbocycles. The lowest BCUT2D eigenvalue weighted by Crippen LogP contribution is -2.29. The van der Waals surface area contributed by atoms with Crippen molar-refractivity contribution in [1.29, 1.82) is 0 Å². The molecule has 94 valence electrons. The van der Waals surface area contributed by atoms with Gasteiger partial charge in [0, 0.05) is 13.3 Å². The summed E-state index contributed by atoms with van der Waals surface area (Å²) in [5.74, 6) is -0.623. The Balaban J connectivity index is 2.87. The maximum absolute atomic E-state index is 12.6. The molecular formula is C11H12F3NO2. The van der Waals surface area contributed by atoms with Crippen LogP contribution in [-0.4, -0.2) is 12.2 Å². The summed E-state index contributed by atoms with van der Waals surface area (Å²) in [5, 5.41) is 0. The fourth-order valence-corrected chi connectivity index (χ4v) is 1.45. The predicted molar refractivity (Wildman–Crippen MR) is 54.9 cm³/mol. The SMILES string of the molecule is CC(=O)OC(N)Cc1ccccc1C(F)(F)F. The summed E-state index contributed by atoms with van der Waals surface area (Å²) in [6, 6.07) is 5.05. The maximum Gasteiger partial charge on any atom is 0.416 e. The second-order valence-corrected chi connectivity index (χ2v) is 3.51. The normalized spacial score (nSPS) is 13.2. The molecule has 0 aliphatic heterocycles. The Bertz CT molecular complexity index is 404. The van der Waals surface area contributed by atoms with Gasteiger partial charge in [-0.15, -0.1) is 0 Å². The van der Waals surface area contributed by atoms with Crippen molar-refractivity contribution in [3.63, 3.8) is 0 Å². The van der Waals surface area contributed by atoms with Crippen molar-refractivity contribution in [3.8, 4) is 0 Å². The van der Waals surface area contributed by atoms with Gasteiger partial charge in [-0.05, 0) is 11.6 Å². The first-order valence-electron chi connectivity index (χ1n) is 4.88. The van der Waals surface area contributed by atoms with Gasteiger partial charge >= 0.3 is 12.1 Å². The van der Waals surface area contributed by atoms with Crippen molar-refractivity contribution < 1.29 is 22.7 Å². The highest BCUT2D eigenvalue weighted by atomic mass is 19.4. The molecule has 0 saturated heterocycles. The van der Waals surface area contributed by atoms with Gasteiger partial charge in [0.1, 0.15) is 0 Å². The Morgan fingerprint density at radius 3 is 2.53 bits per heavy atom. The van der Waals surface area contributed by atoms with E-state index < -0.39 is 23.9 Å². The molecule has 0 aromatic heterocycles. The molecule has 1 aromatic rings. The summed E-state index contributed by atoms with van der Waals surface area (Å²) in [6.07, 6.45) is -5.68. The van der Waals surface area contributed by atoms with Gasteiger partial charge in [-0.25, -0.2) is 0 Å². The lowest BCUT2D eigenvalue weighted by atomic mass is 10.0. The molecule has 0 radical (unpaired) electrons. The van der Waals surface area contributed by atoms with E-state index in [0.717, 1.165) is 13.0 Å². The van der Waals surface area contributed by atoms with Crippen LogP contribution in [0.15, 0.2) is 24.3 Å². The number of carbonyl (C=O) groups excluding carboxylic acids is 1. The Morgan fingerprint density at radius 1 is 1.41 bits per heavy atom. The third kappa shape index (κ3) is 4.07. The minimum atomic E-state index is -4.44. The van der Waals surface area contributed by atoms with Crippen LogP contribution < -0.4 is 5.73 Å². The lowest BCUT2D eigenvalue weighted by Gasteiger charge is -2.16. The third-order valence-electron chi connectivity index (χ3n) is 2.06. The molecular weight excluding hydrogens is 235 g/mol. The van der Waals surface area contributed by atoms with Gasteiger partial charge in [0.25, 0.3) is 0 Å². The van der Waals surface area contributed by atoms with Gasteiger partial charge in [0.05, 0.1) is 5.56 Å². The second kappa shape index (κ2) is 5.18. The van der Waals surface area contributed by atoms with Crippen molar-refractivity contribution in [2.75, 3.05) is 0 Å². The summed E-state index contributed by atoms with van der Waals surface area (Å²) in [5.41, 5.74) is 4.66. The number of esters is 1. The number of benzene rings is 1. The summed E-state index contributed by atoms with van der Waals surface area (Å²) in [6.45, 7) is 1.15. The average Bonchev–Trinajstić information content (AvgIpc) is 2.15. The largest absolute Gasteiger partial charge is 0.447 e. The van der Waals surface area contributed by atoms with Crippen molar-refractivity contribution in [1.82, 2.24) is 0 Å². The molecule has 0 heterocycles.